The van der Waals surface area contributed by atoms with E-state index in [4.69, 9.17) is 0 Å². The molecule has 6 heteroatoms. The summed E-state index contributed by atoms with van der Waals surface area (Å²) < 4.78 is 0. The summed E-state index contributed by atoms with van der Waals surface area (Å²) in [5, 5.41) is 9.66. The minimum absolute atomic E-state index is 0.123. The molecule has 1 aliphatic heterocycles. The van der Waals surface area contributed by atoms with Crippen molar-refractivity contribution in [3.8, 4) is 0 Å². The maximum Gasteiger partial charge on any atom is 0.264 e. The molecule has 0 aromatic carbocycles. The van der Waals surface area contributed by atoms with E-state index in [2.05, 4.69) is 20.1 Å². The van der Waals surface area contributed by atoms with Gasteiger partial charge in [0.2, 0.25) is 0 Å². The fourth-order valence-electron chi connectivity index (χ4n) is 1.99. The fourth-order valence-corrected chi connectivity index (χ4v) is 2.82. The van der Waals surface area contributed by atoms with Gasteiger partial charge in [0, 0.05) is 18.0 Å². The molecule has 17 heavy (non-hydrogen) atoms. The van der Waals surface area contributed by atoms with Crippen LogP contribution in [-0.4, -0.2) is 21.7 Å². The Morgan fingerprint density at radius 1 is 1.53 bits per heavy atom. The SMILES string of the molecule is Cc1csc(N2CCc3cc(=O)[nH]nc3C2)n1. The number of rotatable bonds is 1. The lowest BCUT2D eigenvalue weighted by Crippen LogP contribution is -2.32. The Labute approximate surface area is 102 Å². The van der Waals surface area contributed by atoms with Crippen molar-refractivity contribution in [2.45, 2.75) is 19.9 Å². The molecule has 3 rings (SSSR count). The minimum Gasteiger partial charge on any atom is -0.342 e. The molecule has 0 fully saturated rings. The highest BCUT2D eigenvalue weighted by Gasteiger charge is 2.19. The minimum atomic E-state index is -0.123. The van der Waals surface area contributed by atoms with Crippen LogP contribution in [0.2, 0.25) is 0 Å². The Hall–Kier alpha value is -1.69. The van der Waals surface area contributed by atoms with Gasteiger partial charge in [-0.15, -0.1) is 11.3 Å². The summed E-state index contributed by atoms with van der Waals surface area (Å²) in [6.45, 7) is 3.61. The van der Waals surface area contributed by atoms with E-state index in [1.165, 1.54) is 0 Å². The number of H-pyrrole nitrogens is 1. The lowest BCUT2D eigenvalue weighted by atomic mass is 10.1. The third-order valence-corrected chi connectivity index (χ3v) is 3.87. The molecular weight excluding hydrogens is 236 g/mol. The van der Waals surface area contributed by atoms with Gasteiger partial charge in [0.1, 0.15) is 0 Å². The quantitative estimate of drug-likeness (QED) is 0.821. The van der Waals surface area contributed by atoms with Crippen molar-refractivity contribution < 1.29 is 0 Å². The molecule has 0 unspecified atom stereocenters. The predicted octanol–water partition coefficient (Wildman–Crippen LogP) is 1.10. The van der Waals surface area contributed by atoms with Crippen LogP contribution in [0.25, 0.3) is 0 Å². The van der Waals surface area contributed by atoms with Gasteiger partial charge in [0.15, 0.2) is 5.13 Å². The Morgan fingerprint density at radius 3 is 3.18 bits per heavy atom. The lowest BCUT2D eigenvalue weighted by molar-refractivity contribution is 0.686. The molecular formula is C11H12N4OS. The predicted molar refractivity (Wildman–Crippen MR) is 66.5 cm³/mol. The van der Waals surface area contributed by atoms with E-state index < -0.39 is 0 Å². The third kappa shape index (κ3) is 1.95. The van der Waals surface area contributed by atoms with E-state index in [1.54, 1.807) is 17.4 Å². The Bertz CT molecular complexity index is 604. The summed E-state index contributed by atoms with van der Waals surface area (Å²) in [7, 11) is 0. The number of thiazole rings is 1. The molecule has 2 aromatic heterocycles. The second-order valence-corrected chi connectivity index (χ2v) is 4.98. The van der Waals surface area contributed by atoms with E-state index in [0.717, 1.165) is 41.6 Å². The second-order valence-electron chi connectivity index (χ2n) is 4.15. The molecule has 3 heterocycles. The first-order valence-electron chi connectivity index (χ1n) is 5.47. The maximum absolute atomic E-state index is 11.2. The number of aryl methyl sites for hydroxylation is 1. The molecule has 0 bridgehead atoms. The number of aromatic amines is 1. The van der Waals surface area contributed by atoms with Crippen LogP contribution in [0.4, 0.5) is 5.13 Å². The van der Waals surface area contributed by atoms with Crippen LogP contribution >= 0.6 is 11.3 Å². The van der Waals surface area contributed by atoms with E-state index in [1.807, 2.05) is 12.3 Å². The molecule has 0 radical (unpaired) electrons. The monoisotopic (exact) mass is 248 g/mol. The molecule has 88 valence electrons. The summed E-state index contributed by atoms with van der Waals surface area (Å²) >= 11 is 1.65. The smallest absolute Gasteiger partial charge is 0.264 e. The van der Waals surface area contributed by atoms with Crippen molar-refractivity contribution in [1.29, 1.82) is 0 Å². The van der Waals surface area contributed by atoms with Crippen molar-refractivity contribution in [3.63, 3.8) is 0 Å². The zero-order chi connectivity index (χ0) is 11.8. The highest BCUT2D eigenvalue weighted by atomic mass is 32.1. The molecule has 2 aromatic rings. The van der Waals surface area contributed by atoms with Crippen LogP contribution in [0.5, 0.6) is 0 Å². The average Bonchev–Trinajstić information content (AvgIpc) is 2.75. The first kappa shape index (κ1) is 10.5. The molecule has 0 spiro atoms. The van der Waals surface area contributed by atoms with Crippen molar-refractivity contribution in [2.24, 2.45) is 0 Å². The molecule has 0 saturated heterocycles. The normalized spacial score (nSPS) is 14.8. The molecule has 0 saturated carbocycles. The van der Waals surface area contributed by atoms with Crippen molar-refractivity contribution in [3.05, 3.63) is 38.8 Å². The molecule has 0 amide bonds. The van der Waals surface area contributed by atoms with E-state index in [-0.39, 0.29) is 5.56 Å². The highest BCUT2D eigenvalue weighted by molar-refractivity contribution is 7.13. The summed E-state index contributed by atoms with van der Waals surface area (Å²) in [6.07, 6.45) is 0.852. The second kappa shape index (κ2) is 3.96. The first-order valence-corrected chi connectivity index (χ1v) is 6.35. The Morgan fingerprint density at radius 2 is 2.41 bits per heavy atom. The maximum atomic E-state index is 11.2. The summed E-state index contributed by atoms with van der Waals surface area (Å²) in [5.41, 5.74) is 2.93. The molecule has 0 atom stereocenters. The fraction of sp³-hybridized carbons (Fsp3) is 0.364. The number of aromatic nitrogens is 3. The van der Waals surface area contributed by atoms with Crippen LogP contribution in [0.3, 0.4) is 0 Å². The van der Waals surface area contributed by atoms with Gasteiger partial charge in [0.25, 0.3) is 5.56 Å². The lowest BCUT2D eigenvalue weighted by Gasteiger charge is -2.26. The van der Waals surface area contributed by atoms with Gasteiger partial charge in [-0.3, -0.25) is 4.79 Å². The first-order chi connectivity index (χ1) is 8.22. The van der Waals surface area contributed by atoms with Crippen LogP contribution in [0, 0.1) is 6.92 Å². The van der Waals surface area contributed by atoms with Gasteiger partial charge >= 0.3 is 0 Å². The molecule has 1 aliphatic rings. The number of hydrogen-bond acceptors (Lipinski definition) is 5. The Balaban J connectivity index is 1.90. The summed E-state index contributed by atoms with van der Waals surface area (Å²) in [5.74, 6) is 0. The van der Waals surface area contributed by atoms with Crippen molar-refractivity contribution in [2.75, 3.05) is 11.4 Å². The average molecular weight is 248 g/mol. The van der Waals surface area contributed by atoms with Gasteiger partial charge in [0.05, 0.1) is 17.9 Å². The van der Waals surface area contributed by atoms with Gasteiger partial charge < -0.3 is 4.90 Å². The molecule has 0 aliphatic carbocycles. The number of hydrogen-bond donors (Lipinski definition) is 1. The van der Waals surface area contributed by atoms with Crippen LogP contribution in [-0.2, 0) is 13.0 Å². The number of nitrogens with one attached hydrogen (secondary N) is 1. The third-order valence-electron chi connectivity index (χ3n) is 2.85. The van der Waals surface area contributed by atoms with Gasteiger partial charge in [-0.1, -0.05) is 0 Å². The van der Waals surface area contributed by atoms with E-state index in [0.29, 0.717) is 0 Å². The number of anilines is 1. The van der Waals surface area contributed by atoms with Crippen molar-refractivity contribution in [1.82, 2.24) is 15.2 Å². The van der Waals surface area contributed by atoms with Gasteiger partial charge in [-0.05, 0) is 18.9 Å². The largest absolute Gasteiger partial charge is 0.342 e. The highest BCUT2D eigenvalue weighted by Crippen LogP contribution is 2.25. The zero-order valence-corrected chi connectivity index (χ0v) is 10.3. The number of nitrogens with zero attached hydrogens (tertiary/aromatic N) is 3. The van der Waals surface area contributed by atoms with Crippen LogP contribution in [0.1, 0.15) is 17.0 Å². The van der Waals surface area contributed by atoms with Gasteiger partial charge in [-0.25, -0.2) is 10.1 Å². The van der Waals surface area contributed by atoms with E-state index >= 15 is 0 Å². The van der Waals surface area contributed by atoms with Crippen molar-refractivity contribution >= 4 is 16.5 Å². The van der Waals surface area contributed by atoms with Gasteiger partial charge in [-0.2, -0.15) is 5.10 Å². The summed E-state index contributed by atoms with van der Waals surface area (Å²) in [4.78, 5) is 17.8. The number of fused-ring (bicyclic) bond motifs is 1. The molecule has 1 N–H and O–H groups in total. The Kier molecular flexibility index (Phi) is 2.44. The van der Waals surface area contributed by atoms with Crippen LogP contribution < -0.4 is 10.5 Å². The molecule has 5 nitrogen and oxygen atoms in total. The van der Waals surface area contributed by atoms with Crippen LogP contribution in [0.15, 0.2) is 16.2 Å². The van der Waals surface area contributed by atoms with E-state index in [9.17, 15) is 4.79 Å². The standard InChI is InChI=1S/C11H12N4OS/c1-7-6-17-11(12-7)15-3-2-8-4-10(16)14-13-9(8)5-15/h4,6H,2-3,5H2,1H3,(H,14,16). The zero-order valence-electron chi connectivity index (χ0n) is 9.43. The topological polar surface area (TPSA) is 61.9 Å². The summed E-state index contributed by atoms with van der Waals surface area (Å²) in [6, 6.07) is 1.65.